The summed E-state index contributed by atoms with van der Waals surface area (Å²) in [6.07, 6.45) is 8.22. The first-order chi connectivity index (χ1) is 17.5. The minimum atomic E-state index is -0.568. The van der Waals surface area contributed by atoms with Crippen LogP contribution in [0.3, 0.4) is 0 Å². The van der Waals surface area contributed by atoms with Crippen LogP contribution in [0.2, 0.25) is 0 Å². The number of piperazine rings is 1. The number of fused-ring (bicyclic) bond motifs is 4. The highest BCUT2D eigenvalue weighted by Gasteiger charge is 2.49. The maximum atomic E-state index is 14.0. The lowest BCUT2D eigenvalue weighted by molar-refractivity contribution is -0.161. The van der Waals surface area contributed by atoms with Gasteiger partial charge in [0, 0.05) is 29.1 Å². The van der Waals surface area contributed by atoms with Crippen LogP contribution in [0.1, 0.15) is 67.8 Å². The van der Waals surface area contributed by atoms with Crippen molar-refractivity contribution in [3.63, 3.8) is 0 Å². The van der Waals surface area contributed by atoms with Crippen LogP contribution in [0.15, 0.2) is 48.5 Å². The predicted octanol–water partition coefficient (Wildman–Crippen LogP) is 4.66. The largest absolute Gasteiger partial charge is 0.733 e. The van der Waals surface area contributed by atoms with Gasteiger partial charge >= 0.3 is 0 Å². The molecule has 1 aliphatic carbocycles. The van der Waals surface area contributed by atoms with Gasteiger partial charge in [-0.25, -0.2) is 0 Å². The summed E-state index contributed by atoms with van der Waals surface area (Å²) in [5.74, 6) is -0.00790. The van der Waals surface area contributed by atoms with Gasteiger partial charge in [-0.05, 0) is 42.2 Å². The molecule has 2 aromatic carbocycles. The number of carbonyl (C=O) groups is 2. The number of benzene rings is 2. The molecule has 1 saturated heterocycles. The molecule has 3 aromatic rings. The molecule has 2 aliphatic heterocycles. The summed E-state index contributed by atoms with van der Waals surface area (Å²) in [4.78, 5) is 35.0. The summed E-state index contributed by atoms with van der Waals surface area (Å²) in [5, 5.41) is 21.5. The highest BCUT2D eigenvalue weighted by atomic mass is 16.8. The zero-order valence-corrected chi connectivity index (χ0v) is 20.2. The molecule has 2 amide bonds. The molecule has 1 unspecified atom stereocenters. The van der Waals surface area contributed by atoms with Crippen molar-refractivity contribution in [2.75, 3.05) is 11.8 Å². The van der Waals surface area contributed by atoms with E-state index in [9.17, 15) is 20.0 Å². The molecule has 0 bridgehead atoms. The number of rotatable bonds is 3. The van der Waals surface area contributed by atoms with Crippen LogP contribution in [0.5, 0.6) is 0 Å². The average molecular weight is 488 g/mol. The Labute approximate surface area is 210 Å². The van der Waals surface area contributed by atoms with Crippen molar-refractivity contribution in [1.29, 1.82) is 0 Å². The number of aromatic amines is 1. The molecule has 0 spiro atoms. The molecule has 1 saturated carbocycles. The number of nitrogens with one attached hydrogen (secondary N) is 1. The Kier molecular flexibility index (Phi) is 5.93. The SMILES string of the molecule is O=C1[C@@H]2Cc3c([nH]c4ccccc34)C(c3ccc(N([O-])O)cc3)N2C(=O)CN1C1CCCCCCC1. The van der Waals surface area contributed by atoms with Crippen molar-refractivity contribution < 1.29 is 14.8 Å². The fraction of sp³-hybridized carbons (Fsp3) is 0.429. The van der Waals surface area contributed by atoms with Gasteiger partial charge in [-0.1, -0.05) is 62.4 Å². The molecule has 6 rings (SSSR count). The van der Waals surface area contributed by atoms with Crippen LogP contribution < -0.4 is 5.23 Å². The van der Waals surface area contributed by atoms with Gasteiger partial charge in [-0.3, -0.25) is 14.8 Å². The Balaban J connectivity index is 1.43. The highest BCUT2D eigenvalue weighted by Crippen LogP contribution is 2.43. The summed E-state index contributed by atoms with van der Waals surface area (Å²) in [6, 6.07) is 13.7. The zero-order valence-electron chi connectivity index (χ0n) is 20.2. The lowest BCUT2D eigenvalue weighted by atomic mass is 9.85. The Morgan fingerprint density at radius 1 is 0.944 bits per heavy atom. The van der Waals surface area contributed by atoms with E-state index in [1.807, 2.05) is 23.1 Å². The van der Waals surface area contributed by atoms with Crippen molar-refractivity contribution >= 4 is 28.4 Å². The molecule has 2 atom stereocenters. The molecule has 8 heteroatoms. The molecular formula is C28H31N4O4-. The van der Waals surface area contributed by atoms with E-state index in [1.54, 1.807) is 17.0 Å². The van der Waals surface area contributed by atoms with E-state index >= 15 is 0 Å². The molecule has 0 radical (unpaired) electrons. The molecule has 36 heavy (non-hydrogen) atoms. The molecule has 188 valence electrons. The molecule has 1 aromatic heterocycles. The first kappa shape index (κ1) is 23.1. The summed E-state index contributed by atoms with van der Waals surface area (Å²) in [5.41, 5.74) is 3.85. The fourth-order valence-electron chi connectivity index (χ4n) is 6.47. The number of amides is 2. The Morgan fingerprint density at radius 2 is 1.64 bits per heavy atom. The molecule has 2 N–H and O–H groups in total. The number of H-pyrrole nitrogens is 1. The predicted molar refractivity (Wildman–Crippen MR) is 136 cm³/mol. The second-order valence-electron chi connectivity index (χ2n) is 10.3. The van der Waals surface area contributed by atoms with Crippen LogP contribution in [0.4, 0.5) is 5.69 Å². The normalized spacial score (nSPS) is 23.3. The highest BCUT2D eigenvalue weighted by molar-refractivity contribution is 5.97. The van der Waals surface area contributed by atoms with E-state index in [4.69, 9.17) is 0 Å². The Morgan fingerprint density at radius 3 is 2.36 bits per heavy atom. The van der Waals surface area contributed by atoms with Crippen molar-refractivity contribution in [3.05, 3.63) is 70.6 Å². The van der Waals surface area contributed by atoms with E-state index in [0.717, 1.165) is 53.4 Å². The second-order valence-corrected chi connectivity index (χ2v) is 10.3. The standard InChI is InChI=1S/C28H31N4O4/c33-25-17-30(19-8-4-2-1-3-5-9-19)28(34)24-16-22-21-10-6-7-11-23(21)29-26(22)27(31(24)25)18-12-14-20(15-13-18)32(35)36/h6-7,10-15,19,24,27,29,35H,1-5,8-9,16-17H2/q-1/t24-,27?/m0/s1. The van der Waals surface area contributed by atoms with Gasteiger partial charge in [-0.15, -0.1) is 0 Å². The fourth-order valence-corrected chi connectivity index (χ4v) is 6.47. The maximum Gasteiger partial charge on any atom is 0.246 e. The van der Waals surface area contributed by atoms with Crippen molar-refractivity contribution in [2.45, 2.75) is 69.5 Å². The van der Waals surface area contributed by atoms with Gasteiger partial charge in [-0.2, -0.15) is 0 Å². The Hall–Kier alpha value is -3.36. The van der Waals surface area contributed by atoms with Gasteiger partial charge < -0.3 is 25.2 Å². The van der Waals surface area contributed by atoms with Gasteiger partial charge in [0.15, 0.2) is 0 Å². The van der Waals surface area contributed by atoms with Crippen LogP contribution in [0.25, 0.3) is 10.9 Å². The first-order valence-corrected chi connectivity index (χ1v) is 13.0. The lowest BCUT2D eigenvalue weighted by Gasteiger charge is -2.49. The van der Waals surface area contributed by atoms with Gasteiger partial charge in [0.25, 0.3) is 0 Å². The molecular weight excluding hydrogens is 456 g/mol. The van der Waals surface area contributed by atoms with E-state index < -0.39 is 12.1 Å². The lowest BCUT2D eigenvalue weighted by Crippen LogP contribution is -2.64. The van der Waals surface area contributed by atoms with Crippen LogP contribution in [-0.2, 0) is 16.0 Å². The monoisotopic (exact) mass is 487 g/mol. The van der Waals surface area contributed by atoms with Gasteiger partial charge in [0.2, 0.25) is 11.8 Å². The van der Waals surface area contributed by atoms with Crippen molar-refractivity contribution in [2.24, 2.45) is 0 Å². The number of aromatic nitrogens is 1. The summed E-state index contributed by atoms with van der Waals surface area (Å²) < 4.78 is 0. The van der Waals surface area contributed by atoms with Crippen molar-refractivity contribution in [3.8, 4) is 0 Å². The third-order valence-electron chi connectivity index (χ3n) is 8.24. The molecule has 2 fully saturated rings. The topological polar surface area (TPSA) is 103 Å². The zero-order chi connectivity index (χ0) is 24.8. The van der Waals surface area contributed by atoms with E-state index in [1.165, 1.54) is 31.4 Å². The second kappa shape index (κ2) is 9.26. The third-order valence-corrected chi connectivity index (χ3v) is 8.24. The molecule has 3 aliphatic rings. The third kappa shape index (κ3) is 3.85. The van der Waals surface area contributed by atoms with Crippen LogP contribution >= 0.6 is 0 Å². The minimum absolute atomic E-state index is 0.0406. The summed E-state index contributed by atoms with van der Waals surface area (Å²) >= 11 is 0. The minimum Gasteiger partial charge on any atom is -0.733 e. The van der Waals surface area contributed by atoms with Crippen LogP contribution in [-0.4, -0.2) is 50.4 Å². The number of nitrogens with zero attached hydrogens (tertiary/aromatic N) is 3. The number of para-hydroxylation sites is 1. The van der Waals surface area contributed by atoms with Gasteiger partial charge in [0.1, 0.15) is 12.6 Å². The summed E-state index contributed by atoms with van der Waals surface area (Å²) in [7, 11) is 0. The molecule has 3 heterocycles. The number of carbonyl (C=O) groups excluding carboxylic acids is 2. The first-order valence-electron chi connectivity index (χ1n) is 13.0. The smallest absolute Gasteiger partial charge is 0.246 e. The number of hydrogen-bond acceptors (Lipinski definition) is 5. The average Bonchev–Trinajstić information content (AvgIpc) is 3.23. The van der Waals surface area contributed by atoms with Crippen molar-refractivity contribution in [1.82, 2.24) is 14.8 Å². The van der Waals surface area contributed by atoms with E-state index in [2.05, 4.69) is 11.1 Å². The van der Waals surface area contributed by atoms with Gasteiger partial charge in [0.05, 0.1) is 11.7 Å². The maximum absolute atomic E-state index is 14.0. The quantitative estimate of drug-likeness (QED) is 0.523. The Bertz CT molecular complexity index is 1280. The van der Waals surface area contributed by atoms with E-state index in [0.29, 0.717) is 6.42 Å². The molecule has 8 nitrogen and oxygen atoms in total. The number of anilines is 1. The summed E-state index contributed by atoms with van der Waals surface area (Å²) in [6.45, 7) is 0.106. The number of hydrogen-bond donors (Lipinski definition) is 2. The van der Waals surface area contributed by atoms with Crippen LogP contribution in [0, 0.1) is 5.21 Å². The van der Waals surface area contributed by atoms with E-state index in [-0.39, 0.29) is 35.3 Å².